The van der Waals surface area contributed by atoms with Gasteiger partial charge in [0.25, 0.3) is 0 Å². The van der Waals surface area contributed by atoms with Crippen LogP contribution in [0.1, 0.15) is 24.1 Å². The lowest BCUT2D eigenvalue weighted by molar-refractivity contribution is 0.139. The molecule has 0 atom stereocenters. The van der Waals surface area contributed by atoms with E-state index in [2.05, 4.69) is 28.9 Å². The Balaban J connectivity index is 1.89. The minimum Gasteiger partial charge on any atom is -0.497 e. The molecule has 1 aliphatic rings. The topological polar surface area (TPSA) is 48.6 Å². The Bertz CT molecular complexity index is 776. The maximum atomic E-state index is 13.0. The van der Waals surface area contributed by atoms with Crippen LogP contribution in [0.3, 0.4) is 0 Å². The number of aromatic nitrogens is 1. The van der Waals surface area contributed by atoms with Crippen LogP contribution in [-0.4, -0.2) is 55.1 Å². The summed E-state index contributed by atoms with van der Waals surface area (Å²) in [5.74, 6) is 0.714. The Morgan fingerprint density at radius 2 is 2.04 bits per heavy atom. The van der Waals surface area contributed by atoms with Gasteiger partial charge in [-0.15, -0.1) is 0 Å². The average molecular weight is 329 g/mol. The molecule has 1 aliphatic heterocycles. The number of nitrogens with zero attached hydrogens (tertiary/aromatic N) is 2. The number of pyridine rings is 1. The first-order valence-electron chi connectivity index (χ1n) is 8.58. The zero-order valence-corrected chi connectivity index (χ0v) is 15.1. The lowest BCUT2D eigenvalue weighted by Crippen LogP contribution is -2.42. The van der Waals surface area contributed by atoms with Gasteiger partial charge in [0.15, 0.2) is 5.43 Å². The van der Waals surface area contributed by atoms with Crippen LogP contribution in [0.2, 0.25) is 0 Å². The molecule has 0 spiro atoms. The number of piperidine rings is 1. The van der Waals surface area contributed by atoms with Crippen LogP contribution in [-0.2, 0) is 6.54 Å². The summed E-state index contributed by atoms with van der Waals surface area (Å²) in [5, 5.41) is 0.701. The highest BCUT2D eigenvalue weighted by molar-refractivity contribution is 5.81. The summed E-state index contributed by atoms with van der Waals surface area (Å²) in [4.78, 5) is 21.0. The SMILES string of the molecule is COc1ccc2[nH]c(C)c(CN(C)C3CCN(C)CC3)c(=O)c2c1. The smallest absolute Gasteiger partial charge is 0.194 e. The van der Waals surface area contributed by atoms with Crippen LogP contribution in [0.4, 0.5) is 0 Å². The number of fused-ring (bicyclic) bond motifs is 1. The molecule has 0 amide bonds. The van der Waals surface area contributed by atoms with E-state index in [4.69, 9.17) is 4.74 Å². The normalized spacial score (nSPS) is 16.9. The molecule has 1 aromatic heterocycles. The Labute approximate surface area is 143 Å². The number of H-pyrrole nitrogens is 1. The van der Waals surface area contributed by atoms with Crippen LogP contribution in [0.15, 0.2) is 23.0 Å². The lowest BCUT2D eigenvalue weighted by Gasteiger charge is -2.35. The molecule has 5 nitrogen and oxygen atoms in total. The first-order valence-corrected chi connectivity index (χ1v) is 8.58. The molecule has 3 rings (SSSR count). The first kappa shape index (κ1) is 17.0. The molecular formula is C19H27N3O2. The van der Waals surface area contributed by atoms with Crippen molar-refractivity contribution in [3.63, 3.8) is 0 Å². The molecule has 0 bridgehead atoms. The van der Waals surface area contributed by atoms with Crippen molar-refractivity contribution >= 4 is 10.9 Å². The maximum Gasteiger partial charge on any atom is 0.194 e. The third-order valence-corrected chi connectivity index (χ3v) is 5.24. The fourth-order valence-corrected chi connectivity index (χ4v) is 3.56. The van der Waals surface area contributed by atoms with Crippen molar-refractivity contribution in [2.24, 2.45) is 0 Å². The third kappa shape index (κ3) is 3.32. The summed E-state index contributed by atoms with van der Waals surface area (Å²) in [6.45, 7) is 4.92. The number of hydrogen-bond acceptors (Lipinski definition) is 4. The number of aryl methyl sites for hydroxylation is 1. The van der Waals surface area contributed by atoms with E-state index in [-0.39, 0.29) is 5.43 Å². The summed E-state index contributed by atoms with van der Waals surface area (Å²) < 4.78 is 5.27. The summed E-state index contributed by atoms with van der Waals surface area (Å²) in [5.41, 5.74) is 2.79. The number of likely N-dealkylation sites (tertiary alicyclic amines) is 1. The van der Waals surface area contributed by atoms with Crippen molar-refractivity contribution in [1.82, 2.24) is 14.8 Å². The molecule has 1 N–H and O–H groups in total. The van der Waals surface area contributed by atoms with Gasteiger partial charge in [-0.3, -0.25) is 9.69 Å². The number of methoxy groups -OCH3 is 1. The molecule has 5 heteroatoms. The zero-order valence-electron chi connectivity index (χ0n) is 15.1. The lowest BCUT2D eigenvalue weighted by atomic mass is 10.0. The molecule has 2 heterocycles. The summed E-state index contributed by atoms with van der Waals surface area (Å²) in [6, 6.07) is 6.16. The number of benzene rings is 1. The molecule has 2 aromatic rings. The Morgan fingerprint density at radius 1 is 1.33 bits per heavy atom. The fourth-order valence-electron chi connectivity index (χ4n) is 3.56. The van der Waals surface area contributed by atoms with Crippen LogP contribution in [0, 0.1) is 6.92 Å². The molecular weight excluding hydrogens is 302 g/mol. The first-order chi connectivity index (χ1) is 11.5. The predicted molar refractivity (Wildman–Crippen MR) is 97.8 cm³/mol. The Kier molecular flexibility index (Phi) is 4.92. The van der Waals surface area contributed by atoms with Gasteiger partial charge in [-0.05, 0) is 65.1 Å². The average Bonchev–Trinajstić information content (AvgIpc) is 2.58. The van der Waals surface area contributed by atoms with E-state index < -0.39 is 0 Å². The van der Waals surface area contributed by atoms with Crippen molar-refractivity contribution in [3.05, 3.63) is 39.7 Å². The molecule has 0 saturated carbocycles. The van der Waals surface area contributed by atoms with Crippen molar-refractivity contribution in [1.29, 1.82) is 0 Å². The molecule has 0 aliphatic carbocycles. The van der Waals surface area contributed by atoms with E-state index in [1.54, 1.807) is 7.11 Å². The van der Waals surface area contributed by atoms with Crippen LogP contribution in [0.25, 0.3) is 10.9 Å². The Hall–Kier alpha value is -1.85. The van der Waals surface area contributed by atoms with Gasteiger partial charge in [-0.2, -0.15) is 0 Å². The molecule has 1 fully saturated rings. The van der Waals surface area contributed by atoms with Crippen LogP contribution in [0.5, 0.6) is 5.75 Å². The van der Waals surface area contributed by atoms with Crippen molar-refractivity contribution in [3.8, 4) is 5.75 Å². The van der Waals surface area contributed by atoms with E-state index in [1.165, 1.54) is 0 Å². The largest absolute Gasteiger partial charge is 0.497 e. The molecule has 130 valence electrons. The number of rotatable bonds is 4. The second kappa shape index (κ2) is 6.95. The molecule has 0 radical (unpaired) electrons. The van der Waals surface area contributed by atoms with Crippen molar-refractivity contribution in [2.75, 3.05) is 34.3 Å². The number of nitrogens with one attached hydrogen (secondary N) is 1. The van der Waals surface area contributed by atoms with E-state index in [1.807, 2.05) is 25.1 Å². The number of ether oxygens (including phenoxy) is 1. The van der Waals surface area contributed by atoms with E-state index in [9.17, 15) is 4.79 Å². The van der Waals surface area contributed by atoms with Gasteiger partial charge < -0.3 is 14.6 Å². The fraction of sp³-hybridized carbons (Fsp3) is 0.526. The van der Waals surface area contributed by atoms with Crippen LogP contribution < -0.4 is 10.2 Å². The van der Waals surface area contributed by atoms with Gasteiger partial charge in [0.1, 0.15) is 5.75 Å². The van der Waals surface area contributed by atoms with Crippen molar-refractivity contribution < 1.29 is 4.74 Å². The van der Waals surface area contributed by atoms with Crippen molar-refractivity contribution in [2.45, 2.75) is 32.4 Å². The van der Waals surface area contributed by atoms with Crippen LogP contribution >= 0.6 is 0 Å². The summed E-state index contributed by atoms with van der Waals surface area (Å²) in [6.07, 6.45) is 2.32. The van der Waals surface area contributed by atoms with E-state index in [0.717, 1.165) is 42.7 Å². The molecule has 0 unspecified atom stereocenters. The standard InChI is InChI=1S/C19H27N3O2/c1-13-17(12-22(3)14-7-9-21(2)10-8-14)19(23)16-11-15(24-4)5-6-18(16)20-13/h5-6,11,14H,7-10,12H2,1-4H3,(H,20,23). The van der Waals surface area contributed by atoms with Gasteiger partial charge >= 0.3 is 0 Å². The minimum atomic E-state index is 0.111. The second-order valence-electron chi connectivity index (χ2n) is 6.92. The van der Waals surface area contributed by atoms with E-state index >= 15 is 0 Å². The second-order valence-corrected chi connectivity index (χ2v) is 6.92. The number of hydrogen-bond donors (Lipinski definition) is 1. The highest BCUT2D eigenvalue weighted by Gasteiger charge is 2.22. The van der Waals surface area contributed by atoms with E-state index in [0.29, 0.717) is 23.7 Å². The molecule has 1 aromatic carbocycles. The molecule has 24 heavy (non-hydrogen) atoms. The minimum absolute atomic E-state index is 0.111. The van der Waals surface area contributed by atoms with Gasteiger partial charge in [0.2, 0.25) is 0 Å². The van der Waals surface area contributed by atoms with Gasteiger partial charge in [0.05, 0.1) is 7.11 Å². The monoisotopic (exact) mass is 329 g/mol. The summed E-state index contributed by atoms with van der Waals surface area (Å²) >= 11 is 0. The third-order valence-electron chi connectivity index (χ3n) is 5.24. The maximum absolute atomic E-state index is 13.0. The molecule has 1 saturated heterocycles. The quantitative estimate of drug-likeness (QED) is 0.935. The van der Waals surface area contributed by atoms with Gasteiger partial charge in [0, 0.05) is 34.7 Å². The van der Waals surface area contributed by atoms with Gasteiger partial charge in [-0.25, -0.2) is 0 Å². The highest BCUT2D eigenvalue weighted by atomic mass is 16.5. The van der Waals surface area contributed by atoms with Gasteiger partial charge in [-0.1, -0.05) is 0 Å². The summed E-state index contributed by atoms with van der Waals surface area (Å²) in [7, 11) is 5.92. The Morgan fingerprint density at radius 3 is 2.71 bits per heavy atom. The predicted octanol–water partition coefficient (Wildman–Crippen LogP) is 2.37. The zero-order chi connectivity index (χ0) is 17.3. The number of aromatic amines is 1. The highest BCUT2D eigenvalue weighted by Crippen LogP contribution is 2.20.